The fourth-order valence-electron chi connectivity index (χ4n) is 3.89. The number of esters is 3. The molecule has 0 radical (unpaired) electrons. The fourth-order valence-corrected chi connectivity index (χ4v) is 3.89. The Morgan fingerprint density at radius 3 is 1.20 bits per heavy atom. The Hall–Kier alpha value is -6.60. The largest absolute Gasteiger partial charge is 0.504 e. The normalized spacial score (nSPS) is 12.4. The number of rotatable bonds is 13. The lowest BCUT2D eigenvalue weighted by Crippen LogP contribution is -2.51. The van der Waals surface area contributed by atoms with E-state index in [0.29, 0.717) is 0 Å². The van der Waals surface area contributed by atoms with Gasteiger partial charge >= 0.3 is 17.9 Å². The number of phenolic OH excluding ortho intramolecular Hbond substituents is 6. The summed E-state index contributed by atoms with van der Waals surface area (Å²) in [6.45, 7) is -3.41. The summed E-state index contributed by atoms with van der Waals surface area (Å²) in [5.74, 6) is -13.0. The zero-order chi connectivity index (χ0) is 36.4. The van der Waals surface area contributed by atoms with Gasteiger partial charge in [-0.2, -0.15) is 0 Å². The van der Waals surface area contributed by atoms with Gasteiger partial charge < -0.3 is 66.3 Å². The van der Waals surface area contributed by atoms with Crippen molar-refractivity contribution in [3.05, 3.63) is 71.3 Å². The number of aliphatic hydroxyl groups is 2. The van der Waals surface area contributed by atoms with Crippen molar-refractivity contribution in [1.29, 1.82) is 0 Å². The highest BCUT2D eigenvalue weighted by molar-refractivity contribution is 6.03. The first kappa shape index (κ1) is 36.9. The number of hydrogen-bond donors (Lipinski definition) is 11. The number of carbonyl (C=O) groups excluding carboxylic acids is 6. The first-order valence-corrected chi connectivity index (χ1v) is 13.8. The van der Waals surface area contributed by atoms with Gasteiger partial charge in [-0.15, -0.1) is 0 Å². The molecule has 0 aliphatic rings. The third-order valence-corrected chi connectivity index (χ3v) is 6.51. The Balaban J connectivity index is 1.78. The molecule has 3 rings (SSSR count). The summed E-state index contributed by atoms with van der Waals surface area (Å²) < 4.78 is 9.60. The molecule has 3 atom stereocenters. The molecule has 19 heteroatoms. The van der Waals surface area contributed by atoms with Crippen LogP contribution >= 0.6 is 0 Å². The van der Waals surface area contributed by atoms with Crippen LogP contribution in [0.25, 0.3) is 0 Å². The summed E-state index contributed by atoms with van der Waals surface area (Å²) in [6, 6.07) is 3.92. The van der Waals surface area contributed by atoms with Crippen molar-refractivity contribution < 1.29 is 79.1 Å². The van der Waals surface area contributed by atoms with E-state index in [1.54, 1.807) is 0 Å². The Kier molecular flexibility index (Phi) is 12.3. The average Bonchev–Trinajstić information content (AvgIpc) is 3.07. The number of para-hydroxylation sites is 3. The second-order valence-corrected chi connectivity index (χ2v) is 9.83. The Morgan fingerprint density at radius 2 is 0.837 bits per heavy atom. The van der Waals surface area contributed by atoms with Crippen molar-refractivity contribution >= 4 is 35.6 Å². The maximum Gasteiger partial charge on any atom is 0.339 e. The number of phenols is 6. The summed E-state index contributed by atoms with van der Waals surface area (Å²) in [7, 11) is 0. The predicted octanol–water partition coefficient (Wildman–Crippen LogP) is -1.79. The molecule has 0 saturated heterocycles. The van der Waals surface area contributed by atoms with E-state index in [1.807, 2.05) is 16.0 Å². The highest BCUT2D eigenvalue weighted by atomic mass is 16.6. The molecule has 0 unspecified atom stereocenters. The van der Waals surface area contributed by atoms with Crippen LogP contribution in [0, 0.1) is 0 Å². The number of ether oxygens (including phenoxy) is 2. The second kappa shape index (κ2) is 16.3. The van der Waals surface area contributed by atoms with Gasteiger partial charge in [0.2, 0.25) is 0 Å². The molecule has 3 aromatic carbocycles. The summed E-state index contributed by atoms with van der Waals surface area (Å²) >= 11 is 0. The van der Waals surface area contributed by atoms with E-state index in [-0.39, 0.29) is 0 Å². The molecule has 0 fully saturated rings. The molecule has 0 heterocycles. The average molecular weight is 688 g/mol. The highest BCUT2D eigenvalue weighted by Gasteiger charge is 2.33. The lowest BCUT2D eigenvalue weighted by Gasteiger charge is -2.21. The second-order valence-electron chi connectivity index (χ2n) is 9.83. The van der Waals surface area contributed by atoms with Crippen LogP contribution in [0.4, 0.5) is 0 Å². The summed E-state index contributed by atoms with van der Waals surface area (Å²) in [5.41, 5.74) is -1.60. The first-order chi connectivity index (χ1) is 23.2. The Labute approximate surface area is 274 Å². The van der Waals surface area contributed by atoms with Crippen molar-refractivity contribution in [2.24, 2.45) is 0 Å². The van der Waals surface area contributed by atoms with E-state index in [4.69, 9.17) is 4.74 Å². The predicted molar refractivity (Wildman–Crippen MR) is 159 cm³/mol. The van der Waals surface area contributed by atoms with E-state index < -0.39 is 125 Å². The SMILES string of the molecule is O=C(N[C@@H](CO)C(=O)OC[C@H](NC(=O)c1cccc(O)c1O)C(=O)OC(=O)[C@H](CO)NC(=O)c1cccc(O)c1O)c1cccc(O)c1O. The third-order valence-electron chi connectivity index (χ3n) is 6.51. The van der Waals surface area contributed by atoms with Gasteiger partial charge in [-0.3, -0.25) is 14.4 Å². The van der Waals surface area contributed by atoms with Crippen LogP contribution in [0.3, 0.4) is 0 Å². The van der Waals surface area contributed by atoms with E-state index in [9.17, 15) is 69.6 Å². The fraction of sp³-hybridized carbons (Fsp3) is 0.200. The molecule has 11 N–H and O–H groups in total. The number of aromatic hydroxyl groups is 6. The van der Waals surface area contributed by atoms with E-state index in [1.165, 1.54) is 12.1 Å². The maximum atomic E-state index is 13.0. The quantitative estimate of drug-likeness (QED) is 0.0537. The van der Waals surface area contributed by atoms with Gasteiger partial charge in [-0.25, -0.2) is 14.4 Å². The Morgan fingerprint density at radius 1 is 0.510 bits per heavy atom. The lowest BCUT2D eigenvalue weighted by atomic mass is 10.1. The first-order valence-electron chi connectivity index (χ1n) is 13.8. The van der Waals surface area contributed by atoms with Crippen LogP contribution in [-0.4, -0.2) is 114 Å². The van der Waals surface area contributed by atoms with Crippen LogP contribution in [0.1, 0.15) is 31.1 Å². The summed E-state index contributed by atoms with van der Waals surface area (Å²) in [4.78, 5) is 76.4. The summed E-state index contributed by atoms with van der Waals surface area (Å²) in [6.07, 6.45) is 0. The molecule has 3 aromatic rings. The number of nitrogens with one attached hydrogen (secondary N) is 3. The van der Waals surface area contributed by atoms with Crippen LogP contribution in [-0.2, 0) is 23.9 Å². The molecule has 0 bridgehead atoms. The molecule has 19 nitrogen and oxygen atoms in total. The van der Waals surface area contributed by atoms with Gasteiger partial charge in [0.1, 0.15) is 6.61 Å². The monoisotopic (exact) mass is 687 g/mol. The van der Waals surface area contributed by atoms with Crippen LogP contribution in [0.5, 0.6) is 34.5 Å². The molecule has 0 saturated carbocycles. The number of benzene rings is 3. The Bertz CT molecular complexity index is 1760. The minimum atomic E-state index is -2.10. The lowest BCUT2D eigenvalue weighted by molar-refractivity contribution is -0.164. The minimum absolute atomic E-state index is 0.491. The topological polar surface area (TPSA) is 319 Å². The third kappa shape index (κ3) is 9.02. The molecule has 0 aliphatic carbocycles. The van der Waals surface area contributed by atoms with Gasteiger partial charge in [0.15, 0.2) is 52.6 Å². The standard InChI is InChI=1S/C30H29N3O16/c34-10-16(31-25(42)13-4-1-7-19(36)22(13)39)28(45)48-12-18(33-27(44)15-6-3-9-21(38)24(15)41)30(47)49-29(46)17(11-35)32-26(43)14-5-2-8-20(37)23(14)40/h1-9,16-18,34-41H,10-12H2,(H,31,42)(H,32,43)(H,33,44)/t16-,17-,18-/m0/s1. The molecule has 0 aromatic heterocycles. The van der Waals surface area contributed by atoms with Crippen molar-refractivity contribution in [2.45, 2.75) is 18.1 Å². The van der Waals surface area contributed by atoms with E-state index in [2.05, 4.69) is 4.74 Å². The van der Waals surface area contributed by atoms with Gasteiger partial charge in [0.25, 0.3) is 17.7 Å². The zero-order valence-corrected chi connectivity index (χ0v) is 24.9. The molecule has 0 spiro atoms. The van der Waals surface area contributed by atoms with Gasteiger partial charge in [-0.05, 0) is 36.4 Å². The molecule has 260 valence electrons. The number of amides is 3. The van der Waals surface area contributed by atoms with Crippen LogP contribution in [0.15, 0.2) is 54.6 Å². The summed E-state index contributed by atoms with van der Waals surface area (Å²) in [5, 5.41) is 84.1. The van der Waals surface area contributed by atoms with Gasteiger partial charge in [-0.1, -0.05) is 18.2 Å². The van der Waals surface area contributed by atoms with E-state index in [0.717, 1.165) is 42.5 Å². The van der Waals surface area contributed by atoms with Crippen LogP contribution < -0.4 is 16.0 Å². The van der Waals surface area contributed by atoms with Crippen molar-refractivity contribution in [1.82, 2.24) is 16.0 Å². The smallest absolute Gasteiger partial charge is 0.339 e. The van der Waals surface area contributed by atoms with Crippen molar-refractivity contribution in [2.75, 3.05) is 19.8 Å². The van der Waals surface area contributed by atoms with Gasteiger partial charge in [0, 0.05) is 0 Å². The van der Waals surface area contributed by atoms with Crippen molar-refractivity contribution in [3.8, 4) is 34.5 Å². The molecular formula is C30H29N3O16. The van der Waals surface area contributed by atoms with Gasteiger partial charge in [0.05, 0.1) is 29.9 Å². The van der Waals surface area contributed by atoms with Crippen LogP contribution in [0.2, 0.25) is 0 Å². The molecule has 0 aliphatic heterocycles. The maximum absolute atomic E-state index is 13.0. The number of hydrogen-bond acceptors (Lipinski definition) is 16. The highest BCUT2D eigenvalue weighted by Crippen LogP contribution is 2.30. The van der Waals surface area contributed by atoms with E-state index >= 15 is 0 Å². The number of carbonyl (C=O) groups is 6. The zero-order valence-electron chi connectivity index (χ0n) is 24.9. The molecule has 3 amide bonds. The minimum Gasteiger partial charge on any atom is -0.504 e. The number of aliphatic hydroxyl groups excluding tert-OH is 2. The molecular weight excluding hydrogens is 658 g/mol. The molecule has 49 heavy (non-hydrogen) atoms. The van der Waals surface area contributed by atoms with Crippen molar-refractivity contribution in [3.63, 3.8) is 0 Å².